The molecule has 0 spiro atoms. The Balaban J connectivity index is 1.35. The van der Waals surface area contributed by atoms with Gasteiger partial charge in [0.05, 0.1) is 38.6 Å². The lowest BCUT2D eigenvalue weighted by molar-refractivity contribution is -0.379. The fourth-order valence-corrected chi connectivity index (χ4v) is 13.1. The van der Waals surface area contributed by atoms with Gasteiger partial charge >= 0.3 is 0 Å². The first kappa shape index (κ1) is 89.7. The number of aliphatic hydroxyl groups excluding tert-OH is 11. The van der Waals surface area contributed by atoms with Crippen LogP contribution in [0.1, 0.15) is 303 Å². The SMILES string of the molecule is CCCCCCC/C=C\C/C=C\CCCCCCCCCCCCCCCCCCCCCCCCCC(=O)NC(COC1OC(CO)C(OC2OC(CO)C(OC3OC(CO)C(O)C(O)C3O)C(O)C2O)C(O)C1O)C(O)/C=C/CC/C=C/CC/C=C/CCCCCCCCCC. The average molecular weight is 1400 g/mol. The van der Waals surface area contributed by atoms with Gasteiger partial charge in [0.25, 0.3) is 0 Å². The van der Waals surface area contributed by atoms with Crippen molar-refractivity contribution in [3.63, 3.8) is 0 Å². The zero-order valence-electron chi connectivity index (χ0n) is 61.0. The molecule has 19 heteroatoms. The third kappa shape index (κ3) is 39.9. The lowest BCUT2D eigenvalue weighted by Crippen LogP contribution is -2.66. The van der Waals surface area contributed by atoms with Gasteiger partial charge in [-0.05, 0) is 77.0 Å². The molecular weight excluding hydrogens is 1250 g/mol. The number of rotatable bonds is 62. The van der Waals surface area contributed by atoms with Crippen molar-refractivity contribution in [3.8, 4) is 0 Å². The van der Waals surface area contributed by atoms with Gasteiger partial charge in [0.1, 0.15) is 73.2 Å². The van der Waals surface area contributed by atoms with Gasteiger partial charge in [-0.1, -0.05) is 280 Å². The Hall–Kier alpha value is -2.51. The van der Waals surface area contributed by atoms with Crippen LogP contribution in [0.2, 0.25) is 0 Å². The first-order valence-electron chi connectivity index (χ1n) is 39.5. The molecule has 12 N–H and O–H groups in total. The molecule has 3 saturated heterocycles. The summed E-state index contributed by atoms with van der Waals surface area (Å²) in [5.74, 6) is -0.286. The smallest absolute Gasteiger partial charge is 0.220 e. The number of amides is 1. The minimum Gasteiger partial charge on any atom is -0.394 e. The van der Waals surface area contributed by atoms with Crippen molar-refractivity contribution in [2.24, 2.45) is 0 Å². The molecule has 1 amide bonds. The van der Waals surface area contributed by atoms with Crippen molar-refractivity contribution in [3.05, 3.63) is 60.8 Å². The molecule has 572 valence electrons. The van der Waals surface area contributed by atoms with E-state index in [4.69, 9.17) is 28.4 Å². The van der Waals surface area contributed by atoms with Crippen molar-refractivity contribution >= 4 is 5.91 Å². The van der Waals surface area contributed by atoms with Crippen LogP contribution in [0.3, 0.4) is 0 Å². The second-order valence-corrected chi connectivity index (χ2v) is 28.2. The van der Waals surface area contributed by atoms with Crippen LogP contribution in [-0.4, -0.2) is 193 Å². The summed E-state index contributed by atoms with van der Waals surface area (Å²) in [5.41, 5.74) is 0. The van der Waals surface area contributed by atoms with E-state index in [0.717, 1.165) is 51.4 Å². The van der Waals surface area contributed by atoms with Crippen LogP contribution < -0.4 is 5.32 Å². The van der Waals surface area contributed by atoms with Gasteiger partial charge in [-0.25, -0.2) is 0 Å². The molecule has 98 heavy (non-hydrogen) atoms. The Kier molecular flexibility index (Phi) is 54.8. The predicted octanol–water partition coefficient (Wildman–Crippen LogP) is 12.7. The van der Waals surface area contributed by atoms with E-state index >= 15 is 0 Å². The summed E-state index contributed by atoms with van der Waals surface area (Å²) in [4.78, 5) is 13.4. The summed E-state index contributed by atoms with van der Waals surface area (Å²) in [7, 11) is 0. The van der Waals surface area contributed by atoms with E-state index < -0.39 is 124 Å². The third-order valence-corrected chi connectivity index (χ3v) is 19.5. The summed E-state index contributed by atoms with van der Waals surface area (Å²) >= 11 is 0. The quantitative estimate of drug-likeness (QED) is 0.0199. The molecule has 0 aromatic heterocycles. The fourth-order valence-electron chi connectivity index (χ4n) is 13.1. The van der Waals surface area contributed by atoms with Gasteiger partial charge in [0, 0.05) is 6.42 Å². The van der Waals surface area contributed by atoms with E-state index in [2.05, 4.69) is 67.8 Å². The molecule has 0 bridgehead atoms. The van der Waals surface area contributed by atoms with E-state index in [1.807, 2.05) is 6.08 Å². The molecule has 0 radical (unpaired) electrons. The van der Waals surface area contributed by atoms with Crippen LogP contribution >= 0.6 is 0 Å². The topological polar surface area (TPSA) is 307 Å². The molecule has 3 fully saturated rings. The number of hydrogen-bond acceptors (Lipinski definition) is 18. The molecule has 0 aromatic carbocycles. The molecule has 17 atom stereocenters. The molecule has 0 aromatic rings. The molecule has 3 aliphatic heterocycles. The van der Waals surface area contributed by atoms with Gasteiger partial charge in [-0.2, -0.15) is 0 Å². The number of ether oxygens (including phenoxy) is 6. The van der Waals surface area contributed by atoms with Crippen molar-refractivity contribution in [2.45, 2.75) is 407 Å². The van der Waals surface area contributed by atoms with Crippen LogP contribution in [0.15, 0.2) is 60.8 Å². The number of carbonyl (C=O) groups excluding carboxylic acids is 1. The predicted molar refractivity (Wildman–Crippen MR) is 388 cm³/mol. The van der Waals surface area contributed by atoms with Crippen LogP contribution in [0.4, 0.5) is 0 Å². The minimum atomic E-state index is -1.98. The third-order valence-electron chi connectivity index (χ3n) is 19.5. The number of carbonyl (C=O) groups is 1. The zero-order valence-corrected chi connectivity index (χ0v) is 61.0. The Morgan fingerprint density at radius 3 is 1.08 bits per heavy atom. The highest BCUT2D eigenvalue weighted by molar-refractivity contribution is 5.76. The van der Waals surface area contributed by atoms with E-state index in [9.17, 15) is 61.0 Å². The Morgan fingerprint density at radius 2 is 0.684 bits per heavy atom. The van der Waals surface area contributed by atoms with Crippen molar-refractivity contribution in [1.82, 2.24) is 5.32 Å². The molecular formula is C79H143NO18. The highest BCUT2D eigenvalue weighted by Crippen LogP contribution is 2.33. The Labute approximate surface area is 592 Å². The summed E-state index contributed by atoms with van der Waals surface area (Å²) < 4.78 is 34.4. The maximum Gasteiger partial charge on any atom is 0.220 e. The second kappa shape index (κ2) is 59.8. The number of hydrogen-bond donors (Lipinski definition) is 12. The average Bonchev–Trinajstić information content (AvgIpc) is 0.785. The van der Waals surface area contributed by atoms with E-state index in [-0.39, 0.29) is 18.9 Å². The van der Waals surface area contributed by atoms with E-state index in [0.29, 0.717) is 12.8 Å². The highest BCUT2D eigenvalue weighted by atomic mass is 16.8. The Morgan fingerprint density at radius 1 is 0.367 bits per heavy atom. The van der Waals surface area contributed by atoms with Crippen LogP contribution in [-0.2, 0) is 33.2 Å². The fraction of sp³-hybridized carbons (Fsp3) is 0.861. The summed E-state index contributed by atoms with van der Waals surface area (Å²) in [6.45, 7) is 1.72. The number of aliphatic hydroxyl groups is 11. The number of allylic oxidation sites excluding steroid dienone is 9. The standard InChI is InChI=1S/C79H143NO18/c1-3-5-7-9-11-13-15-17-19-21-23-24-25-26-27-28-29-30-31-32-33-34-35-36-37-38-39-41-43-45-47-49-51-53-55-57-67(85)80-62(63(84)56-54-52-50-48-46-44-42-40-22-20-18-16-14-12-10-8-6-4-2)61-93-77-73(91)70(88)75(65(59-82)95-77)98-79-74(92)71(89)76(66(60-83)96-79)97-78-72(90)69(87)68(86)64(58-81)94-78/h15,17,21-23,40,46,48,54,56,62-66,68-79,81-84,86-92H,3-14,16,18-20,24-39,41-45,47,49-53,55,57-61H2,1-2H3,(H,80,85)/b17-15-,23-21-,40-22+,48-46+,56-54+. The monoisotopic (exact) mass is 1390 g/mol. The van der Waals surface area contributed by atoms with Gasteiger partial charge in [0.15, 0.2) is 18.9 Å². The summed E-state index contributed by atoms with van der Waals surface area (Å²) in [6, 6.07) is -0.997. The maximum atomic E-state index is 13.4. The minimum absolute atomic E-state index is 0.234. The summed E-state index contributed by atoms with van der Waals surface area (Å²) in [5, 5.41) is 121. The van der Waals surface area contributed by atoms with E-state index in [1.54, 1.807) is 6.08 Å². The molecule has 3 rings (SSSR count). The van der Waals surface area contributed by atoms with Crippen LogP contribution in [0.25, 0.3) is 0 Å². The highest BCUT2D eigenvalue weighted by Gasteiger charge is 2.53. The Bertz CT molecular complexity index is 2010. The number of unbranched alkanes of at least 4 members (excludes halogenated alkanes) is 38. The van der Waals surface area contributed by atoms with Gasteiger partial charge < -0.3 is 89.9 Å². The van der Waals surface area contributed by atoms with Crippen molar-refractivity contribution in [2.75, 3.05) is 26.4 Å². The molecule has 0 saturated carbocycles. The van der Waals surface area contributed by atoms with Gasteiger partial charge in [0.2, 0.25) is 5.91 Å². The summed E-state index contributed by atoms with van der Waals surface area (Å²) in [6.07, 6.45) is 49.4. The molecule has 3 aliphatic rings. The van der Waals surface area contributed by atoms with Gasteiger partial charge in [-0.3, -0.25) is 4.79 Å². The first-order chi connectivity index (χ1) is 47.8. The van der Waals surface area contributed by atoms with E-state index in [1.165, 1.54) is 218 Å². The lowest BCUT2D eigenvalue weighted by Gasteiger charge is -2.48. The lowest BCUT2D eigenvalue weighted by atomic mass is 9.96. The largest absolute Gasteiger partial charge is 0.394 e. The van der Waals surface area contributed by atoms with Crippen LogP contribution in [0.5, 0.6) is 0 Å². The maximum absolute atomic E-state index is 13.4. The number of nitrogens with one attached hydrogen (secondary N) is 1. The van der Waals surface area contributed by atoms with Crippen molar-refractivity contribution < 1.29 is 89.4 Å². The van der Waals surface area contributed by atoms with Crippen molar-refractivity contribution in [1.29, 1.82) is 0 Å². The first-order valence-corrected chi connectivity index (χ1v) is 39.5. The van der Waals surface area contributed by atoms with Crippen LogP contribution in [0, 0.1) is 0 Å². The van der Waals surface area contributed by atoms with Gasteiger partial charge in [-0.15, -0.1) is 0 Å². The molecule has 0 aliphatic carbocycles. The normalized spacial score (nSPS) is 27.1. The second-order valence-electron chi connectivity index (χ2n) is 28.2. The zero-order chi connectivity index (χ0) is 71.1. The molecule has 3 heterocycles. The molecule has 19 nitrogen and oxygen atoms in total. The molecule has 17 unspecified atom stereocenters.